The number of aryl methyl sites for hydroxylation is 1. The molecule has 5 rings (SSSR count). The first-order valence-electron chi connectivity index (χ1n) is 11.0. The lowest BCUT2D eigenvalue weighted by atomic mass is 10.1. The molecule has 0 N–H and O–H groups in total. The summed E-state index contributed by atoms with van der Waals surface area (Å²) in [5, 5.41) is 0.104. The topological polar surface area (TPSA) is 57.5 Å². The number of nitrogens with zero attached hydrogens (tertiary/aromatic N) is 1. The minimum Gasteiger partial charge on any atom is -0.452 e. The van der Waals surface area contributed by atoms with Crippen LogP contribution in [-0.4, -0.2) is 16.3 Å². The van der Waals surface area contributed by atoms with Gasteiger partial charge in [0, 0.05) is 34.8 Å². The highest BCUT2D eigenvalue weighted by molar-refractivity contribution is 6.30. The van der Waals surface area contributed by atoms with Crippen LogP contribution in [0.5, 0.6) is 11.5 Å². The van der Waals surface area contributed by atoms with Gasteiger partial charge in [-0.15, -0.1) is 11.6 Å². The number of carbonyl (C=O) groups excluding carboxylic acids is 2. The number of carbonyl (C=O) groups is 2. The lowest BCUT2D eigenvalue weighted by Crippen LogP contribution is -2.15. The second-order valence-electron chi connectivity index (χ2n) is 8.09. The maximum Gasteiger partial charge on any atom is 0.334 e. The van der Waals surface area contributed by atoms with Crippen molar-refractivity contribution in [2.45, 2.75) is 25.8 Å². The van der Waals surface area contributed by atoms with Gasteiger partial charge < -0.3 is 14.0 Å². The van der Waals surface area contributed by atoms with Crippen molar-refractivity contribution >= 4 is 40.3 Å². The third kappa shape index (κ3) is 3.78. The van der Waals surface area contributed by atoms with Gasteiger partial charge in [-0.05, 0) is 43.7 Å². The molecule has 1 aliphatic heterocycles. The fourth-order valence-corrected chi connectivity index (χ4v) is 4.38. The summed E-state index contributed by atoms with van der Waals surface area (Å²) in [5.41, 5.74) is 3.66. The normalized spacial score (nSPS) is 14.8. The summed E-state index contributed by atoms with van der Waals surface area (Å²) in [6.45, 7) is 4.65. The SMILES string of the molecule is CCn1cc(/C=C2\Oc3c(ccc(OC(=O)C(Cl)c4ccccc4)c3C)C2=O)c2ccccc21. The Bertz CT molecular complexity index is 1450. The van der Waals surface area contributed by atoms with E-state index >= 15 is 0 Å². The first kappa shape index (κ1) is 22.0. The van der Waals surface area contributed by atoms with Gasteiger partial charge in [-0.2, -0.15) is 0 Å². The van der Waals surface area contributed by atoms with E-state index in [-0.39, 0.29) is 11.5 Å². The smallest absolute Gasteiger partial charge is 0.334 e. The van der Waals surface area contributed by atoms with E-state index in [1.54, 1.807) is 37.3 Å². The Kier molecular flexibility index (Phi) is 5.72. The first-order chi connectivity index (χ1) is 16.5. The zero-order valence-corrected chi connectivity index (χ0v) is 19.5. The van der Waals surface area contributed by atoms with Gasteiger partial charge in [-0.3, -0.25) is 4.79 Å². The minimum absolute atomic E-state index is 0.205. The molecular weight excluding hydrogens is 450 g/mol. The number of esters is 1. The molecule has 4 aromatic rings. The quantitative estimate of drug-likeness (QED) is 0.145. The lowest BCUT2D eigenvalue weighted by Gasteiger charge is -2.13. The van der Waals surface area contributed by atoms with Gasteiger partial charge in [0.05, 0.1) is 5.56 Å². The molecule has 1 aromatic heterocycles. The molecule has 0 aliphatic carbocycles. The van der Waals surface area contributed by atoms with E-state index in [0.29, 0.717) is 28.2 Å². The molecule has 0 spiro atoms. The number of hydrogen-bond acceptors (Lipinski definition) is 4. The number of alkyl halides is 1. The molecule has 6 heteroatoms. The number of allylic oxidation sites excluding steroid dienone is 1. The number of halogens is 1. The largest absolute Gasteiger partial charge is 0.452 e. The average Bonchev–Trinajstić information content (AvgIpc) is 3.39. The van der Waals surface area contributed by atoms with E-state index in [4.69, 9.17) is 21.1 Å². The number of benzene rings is 3. The third-order valence-corrected chi connectivity index (χ3v) is 6.42. The molecule has 0 saturated heterocycles. The number of ether oxygens (including phenoxy) is 2. The number of aromatic nitrogens is 1. The Morgan fingerprint density at radius 3 is 2.59 bits per heavy atom. The highest BCUT2D eigenvalue weighted by atomic mass is 35.5. The Hall–Kier alpha value is -3.83. The highest BCUT2D eigenvalue weighted by Crippen LogP contribution is 2.40. The molecule has 34 heavy (non-hydrogen) atoms. The summed E-state index contributed by atoms with van der Waals surface area (Å²) in [7, 11) is 0. The van der Waals surface area contributed by atoms with Crippen LogP contribution in [0.2, 0.25) is 0 Å². The first-order valence-corrected chi connectivity index (χ1v) is 11.5. The predicted octanol–water partition coefficient (Wildman–Crippen LogP) is 6.47. The third-order valence-electron chi connectivity index (χ3n) is 5.99. The molecule has 170 valence electrons. The average molecular weight is 472 g/mol. The van der Waals surface area contributed by atoms with Crippen molar-refractivity contribution in [3.05, 3.63) is 101 Å². The van der Waals surface area contributed by atoms with Crippen molar-refractivity contribution < 1.29 is 19.1 Å². The van der Waals surface area contributed by atoms with E-state index in [0.717, 1.165) is 23.0 Å². The van der Waals surface area contributed by atoms with Crippen molar-refractivity contribution in [3.8, 4) is 11.5 Å². The van der Waals surface area contributed by atoms with Crippen LogP contribution < -0.4 is 9.47 Å². The summed E-state index contributed by atoms with van der Waals surface area (Å²) < 4.78 is 13.7. The molecule has 0 amide bonds. The molecule has 2 heterocycles. The Morgan fingerprint density at radius 1 is 1.09 bits per heavy atom. The van der Waals surface area contributed by atoms with Gasteiger partial charge >= 0.3 is 5.97 Å². The molecule has 0 saturated carbocycles. The second kappa shape index (κ2) is 8.84. The monoisotopic (exact) mass is 471 g/mol. The summed E-state index contributed by atoms with van der Waals surface area (Å²) in [6.07, 6.45) is 3.79. The van der Waals surface area contributed by atoms with E-state index in [1.165, 1.54) is 0 Å². The number of Topliss-reactive ketones (excluding diaryl/α,β-unsaturated/α-hetero) is 1. The van der Waals surface area contributed by atoms with Gasteiger partial charge in [0.2, 0.25) is 5.78 Å². The maximum atomic E-state index is 13.1. The van der Waals surface area contributed by atoms with Crippen molar-refractivity contribution in [2.24, 2.45) is 0 Å². The zero-order chi connectivity index (χ0) is 23.8. The molecule has 0 fully saturated rings. The summed E-state index contributed by atoms with van der Waals surface area (Å²) >= 11 is 6.30. The number of ketones is 1. The van der Waals surface area contributed by atoms with Crippen LogP contribution in [0.3, 0.4) is 0 Å². The van der Waals surface area contributed by atoms with E-state index in [1.807, 2.05) is 42.6 Å². The number of fused-ring (bicyclic) bond motifs is 2. The molecule has 1 unspecified atom stereocenters. The molecular formula is C28H22ClNO4. The van der Waals surface area contributed by atoms with Crippen molar-refractivity contribution in [1.29, 1.82) is 0 Å². The van der Waals surface area contributed by atoms with Gasteiger partial charge in [0.25, 0.3) is 0 Å². The molecule has 1 atom stereocenters. The van der Waals surface area contributed by atoms with E-state index < -0.39 is 11.3 Å². The minimum atomic E-state index is -0.942. The molecule has 0 radical (unpaired) electrons. The Labute approximate surface area is 202 Å². The maximum absolute atomic E-state index is 13.1. The van der Waals surface area contributed by atoms with Crippen molar-refractivity contribution in [3.63, 3.8) is 0 Å². The van der Waals surface area contributed by atoms with E-state index in [2.05, 4.69) is 17.6 Å². The van der Waals surface area contributed by atoms with Gasteiger partial charge in [-0.25, -0.2) is 4.79 Å². The Morgan fingerprint density at radius 2 is 1.82 bits per heavy atom. The molecule has 5 nitrogen and oxygen atoms in total. The van der Waals surface area contributed by atoms with Crippen LogP contribution in [0.1, 0.15) is 39.3 Å². The van der Waals surface area contributed by atoms with Crippen LogP contribution >= 0.6 is 11.6 Å². The highest BCUT2D eigenvalue weighted by Gasteiger charge is 2.31. The summed E-state index contributed by atoms with van der Waals surface area (Å²) in [6, 6.07) is 20.3. The summed E-state index contributed by atoms with van der Waals surface area (Å²) in [4.78, 5) is 25.7. The Balaban J connectivity index is 1.43. The number of hydrogen-bond donors (Lipinski definition) is 0. The lowest BCUT2D eigenvalue weighted by molar-refractivity contribution is -0.134. The summed E-state index contributed by atoms with van der Waals surface area (Å²) in [5.74, 6) is 0.140. The van der Waals surface area contributed by atoms with Gasteiger partial charge in [0.15, 0.2) is 11.1 Å². The fraction of sp³-hybridized carbons (Fsp3) is 0.143. The predicted molar refractivity (Wildman–Crippen MR) is 132 cm³/mol. The van der Waals surface area contributed by atoms with Crippen LogP contribution in [0.15, 0.2) is 78.7 Å². The molecule has 1 aliphatic rings. The molecule has 0 bridgehead atoms. The van der Waals surface area contributed by atoms with Crippen LogP contribution in [-0.2, 0) is 11.3 Å². The second-order valence-corrected chi connectivity index (χ2v) is 8.52. The standard InChI is InChI=1S/C28H22ClNO4/c1-3-30-16-19(20-11-7-8-12-22(20)30)15-24-26(31)21-13-14-23(17(2)27(21)33-24)34-28(32)25(29)18-9-5-4-6-10-18/h4-16,25H,3H2,1-2H3/b24-15-. The zero-order valence-electron chi connectivity index (χ0n) is 18.7. The molecule has 3 aromatic carbocycles. The van der Waals surface area contributed by atoms with Crippen LogP contribution in [0.25, 0.3) is 17.0 Å². The van der Waals surface area contributed by atoms with Gasteiger partial charge in [-0.1, -0.05) is 48.5 Å². The van der Waals surface area contributed by atoms with Crippen LogP contribution in [0.4, 0.5) is 0 Å². The van der Waals surface area contributed by atoms with Crippen LogP contribution in [0, 0.1) is 6.92 Å². The number of rotatable bonds is 5. The van der Waals surface area contributed by atoms with E-state index in [9.17, 15) is 9.59 Å². The van der Waals surface area contributed by atoms with Crippen molar-refractivity contribution in [2.75, 3.05) is 0 Å². The number of para-hydroxylation sites is 1. The van der Waals surface area contributed by atoms with Crippen molar-refractivity contribution in [1.82, 2.24) is 4.57 Å². The fourth-order valence-electron chi connectivity index (χ4n) is 4.19. The van der Waals surface area contributed by atoms with Gasteiger partial charge in [0.1, 0.15) is 11.5 Å².